The Morgan fingerprint density at radius 3 is 1.67 bits per heavy atom. The quantitative estimate of drug-likeness (QED) is 0.172. The number of carbonyl (C=O) groups is 2. The van der Waals surface area contributed by atoms with E-state index in [1.165, 1.54) is 58.0 Å². The van der Waals surface area contributed by atoms with Crippen molar-refractivity contribution in [1.82, 2.24) is 9.97 Å². The average molecular weight is 605 g/mol. The maximum absolute atomic E-state index is 11.9. The lowest BCUT2D eigenvalue weighted by Crippen LogP contribution is -2.27. The summed E-state index contributed by atoms with van der Waals surface area (Å²) in [5.41, 5.74) is 5.88. The second-order valence-electron chi connectivity index (χ2n) is 14.1. The number of rotatable bonds is 3. The van der Waals surface area contributed by atoms with Crippen LogP contribution in [-0.4, -0.2) is 28.3 Å². The van der Waals surface area contributed by atoms with E-state index < -0.39 is 0 Å². The summed E-state index contributed by atoms with van der Waals surface area (Å²) in [6.07, 6.45) is 6.74. The Hall–Kier alpha value is -2.64. The molecule has 224 valence electrons. The molecule has 0 N–H and O–H groups in total. The van der Waals surface area contributed by atoms with E-state index in [4.69, 9.17) is 14.7 Å². The molecule has 0 radical (unpaired) electrons. The molecule has 5 nitrogen and oxygen atoms in total. The third kappa shape index (κ3) is 6.62. The number of hydrogen-bond acceptors (Lipinski definition) is 7. The van der Waals surface area contributed by atoms with Gasteiger partial charge in [0.05, 0.1) is 11.5 Å². The van der Waals surface area contributed by atoms with Gasteiger partial charge in [-0.25, -0.2) is 14.8 Å². The number of aromatic nitrogens is 2. The van der Waals surface area contributed by atoms with Gasteiger partial charge in [-0.1, -0.05) is 41.5 Å². The highest BCUT2D eigenvalue weighted by molar-refractivity contribution is 7.20. The Bertz CT molecular complexity index is 1630. The summed E-state index contributed by atoms with van der Waals surface area (Å²) in [5.74, 6) is 1.32. The zero-order chi connectivity index (χ0) is 30.4. The normalized spacial score (nSPS) is 18.7. The van der Waals surface area contributed by atoms with Crippen LogP contribution in [0.5, 0.6) is 0 Å². The van der Waals surface area contributed by atoms with Crippen molar-refractivity contribution in [3.8, 4) is 0 Å². The van der Waals surface area contributed by atoms with Gasteiger partial charge in [0, 0.05) is 22.2 Å². The highest BCUT2D eigenvalue weighted by Crippen LogP contribution is 2.40. The first-order valence-corrected chi connectivity index (χ1v) is 16.9. The highest BCUT2D eigenvalue weighted by atomic mass is 32.1. The fourth-order valence-electron chi connectivity index (χ4n) is 6.20. The molecule has 2 unspecified atom stereocenters. The molecular weight excluding hydrogens is 561 g/mol. The monoisotopic (exact) mass is 604 g/mol. The second-order valence-corrected chi connectivity index (χ2v) is 16.1. The number of carbonyl (C=O) groups excluding carboxylic acids is 2. The number of ketones is 1. The predicted octanol–water partition coefficient (Wildman–Crippen LogP) is 9.27. The van der Waals surface area contributed by atoms with Crippen molar-refractivity contribution in [2.75, 3.05) is 6.61 Å². The Balaban J connectivity index is 0.000000169. The lowest BCUT2D eigenvalue weighted by Gasteiger charge is -2.34. The molecule has 0 saturated carbocycles. The number of hydrogen-bond donors (Lipinski definition) is 0. The molecule has 2 aliphatic carbocycles. The fourth-order valence-corrected chi connectivity index (χ4v) is 8.06. The van der Waals surface area contributed by atoms with Crippen molar-refractivity contribution in [2.24, 2.45) is 22.7 Å². The minimum absolute atomic E-state index is 0.138. The van der Waals surface area contributed by atoms with Crippen LogP contribution >= 0.6 is 22.7 Å². The summed E-state index contributed by atoms with van der Waals surface area (Å²) in [6.45, 7) is 17.8. The number of aryl methyl sites for hydroxylation is 2. The molecule has 6 rings (SSSR count). The molecule has 7 heteroatoms. The van der Waals surface area contributed by atoms with Gasteiger partial charge in [0.1, 0.15) is 14.5 Å². The summed E-state index contributed by atoms with van der Waals surface area (Å²) in [6, 6.07) is 8.41. The van der Waals surface area contributed by atoms with Crippen molar-refractivity contribution >= 4 is 54.9 Å². The smallest absolute Gasteiger partial charge is 0.348 e. The number of ether oxygens (including phenoxy) is 1. The molecule has 4 heterocycles. The second kappa shape index (κ2) is 11.8. The van der Waals surface area contributed by atoms with E-state index in [9.17, 15) is 9.59 Å². The molecule has 0 amide bonds. The number of pyridine rings is 2. The summed E-state index contributed by atoms with van der Waals surface area (Å²) < 4.78 is 5.09. The minimum atomic E-state index is -0.240. The van der Waals surface area contributed by atoms with Crippen molar-refractivity contribution in [3.05, 3.63) is 56.5 Å². The number of thiophene rings is 2. The van der Waals surface area contributed by atoms with E-state index in [1.807, 2.05) is 19.1 Å². The molecule has 0 aromatic carbocycles. The third-order valence-electron chi connectivity index (χ3n) is 9.02. The summed E-state index contributed by atoms with van der Waals surface area (Å²) in [4.78, 5) is 36.4. The third-order valence-corrected chi connectivity index (χ3v) is 11.2. The molecule has 0 bridgehead atoms. The molecule has 0 saturated heterocycles. The molecule has 4 aromatic heterocycles. The SMILES string of the molecule is CC(=O)c1cc2cc3c(nc2s1)CCC(C(C)(C)C)C3.CCOC(=O)c1cc2cc3c(nc2s1)CCC(C(C)(C)C)C3. The topological polar surface area (TPSA) is 69.2 Å². The Kier molecular flexibility index (Phi) is 8.66. The predicted molar refractivity (Wildman–Crippen MR) is 175 cm³/mol. The highest BCUT2D eigenvalue weighted by Gasteiger charge is 2.31. The molecule has 4 aromatic rings. The maximum Gasteiger partial charge on any atom is 0.348 e. The van der Waals surface area contributed by atoms with Crippen molar-refractivity contribution in [2.45, 2.75) is 93.9 Å². The zero-order valence-electron chi connectivity index (χ0n) is 26.3. The standard InChI is InChI=1S/C18H23NO2S.C17H21NOS/c1-5-21-17(20)15-10-12-8-11-9-13(18(2,3)4)6-7-14(11)19-16(12)22-15;1-10(19)15-9-12-7-11-8-13(17(2,3)4)5-6-14(11)18-16(12)20-15/h8,10,13H,5-7,9H2,1-4H3;7,9,13H,5-6,8H2,1-4H3. The lowest BCUT2D eigenvalue weighted by molar-refractivity contribution is 0.0532. The van der Waals surface area contributed by atoms with E-state index in [0.29, 0.717) is 28.2 Å². The van der Waals surface area contributed by atoms with Crippen molar-refractivity contribution < 1.29 is 14.3 Å². The molecule has 0 spiro atoms. The van der Waals surface area contributed by atoms with Crippen LogP contribution in [0.25, 0.3) is 20.4 Å². The van der Waals surface area contributed by atoms with Crippen LogP contribution in [0, 0.1) is 22.7 Å². The summed E-state index contributed by atoms with van der Waals surface area (Å²) in [7, 11) is 0. The van der Waals surface area contributed by atoms with Gasteiger partial charge in [-0.2, -0.15) is 0 Å². The molecule has 2 atom stereocenters. The molecule has 42 heavy (non-hydrogen) atoms. The summed E-state index contributed by atoms with van der Waals surface area (Å²) >= 11 is 2.96. The average Bonchev–Trinajstić information content (AvgIpc) is 3.53. The van der Waals surface area contributed by atoms with E-state index in [-0.39, 0.29) is 11.8 Å². The first-order chi connectivity index (χ1) is 19.7. The van der Waals surface area contributed by atoms with Crippen LogP contribution in [0.2, 0.25) is 0 Å². The van der Waals surface area contributed by atoms with Crippen LogP contribution in [0.1, 0.15) is 110 Å². The number of esters is 1. The minimum Gasteiger partial charge on any atom is -0.462 e. The first kappa shape index (κ1) is 30.8. The van der Waals surface area contributed by atoms with Crippen LogP contribution in [0.15, 0.2) is 24.3 Å². The van der Waals surface area contributed by atoms with Gasteiger partial charge < -0.3 is 4.74 Å². The van der Waals surface area contributed by atoms with E-state index >= 15 is 0 Å². The Morgan fingerprint density at radius 1 is 0.786 bits per heavy atom. The van der Waals surface area contributed by atoms with Gasteiger partial charge in [-0.3, -0.25) is 4.79 Å². The van der Waals surface area contributed by atoms with Crippen LogP contribution < -0.4 is 0 Å². The Labute approximate surface area is 258 Å². The molecule has 0 fully saturated rings. The maximum atomic E-state index is 11.9. The Morgan fingerprint density at radius 2 is 1.24 bits per heavy atom. The van der Waals surface area contributed by atoms with E-state index in [0.717, 1.165) is 56.9 Å². The van der Waals surface area contributed by atoms with Crippen molar-refractivity contribution in [1.29, 1.82) is 0 Å². The number of nitrogens with zero attached hydrogens (tertiary/aromatic N) is 2. The lowest BCUT2D eigenvalue weighted by atomic mass is 9.71. The fraction of sp³-hybridized carbons (Fsp3) is 0.543. The van der Waals surface area contributed by atoms with Gasteiger partial charge >= 0.3 is 5.97 Å². The van der Waals surface area contributed by atoms with E-state index in [1.54, 1.807) is 6.92 Å². The van der Waals surface area contributed by atoms with Gasteiger partial charge in [0.15, 0.2) is 5.78 Å². The number of Topliss-reactive ketones (excluding diaryl/α,β-unsaturated/α-hetero) is 1. The van der Waals surface area contributed by atoms with Crippen LogP contribution in [0.4, 0.5) is 0 Å². The van der Waals surface area contributed by atoms with Crippen molar-refractivity contribution in [3.63, 3.8) is 0 Å². The first-order valence-electron chi connectivity index (χ1n) is 15.3. The van der Waals surface area contributed by atoms with Gasteiger partial charge in [-0.05, 0) is 110 Å². The van der Waals surface area contributed by atoms with Gasteiger partial charge in [0.2, 0.25) is 0 Å². The number of fused-ring (bicyclic) bond motifs is 4. The molecular formula is C35H44N2O3S2. The zero-order valence-corrected chi connectivity index (χ0v) is 28.0. The van der Waals surface area contributed by atoms with E-state index in [2.05, 4.69) is 53.7 Å². The summed E-state index contributed by atoms with van der Waals surface area (Å²) in [5, 5.41) is 2.20. The largest absolute Gasteiger partial charge is 0.462 e. The van der Waals surface area contributed by atoms with Gasteiger partial charge in [-0.15, -0.1) is 22.7 Å². The van der Waals surface area contributed by atoms with Gasteiger partial charge in [0.25, 0.3) is 0 Å². The molecule has 0 aliphatic heterocycles. The molecule has 2 aliphatic rings. The van der Waals surface area contributed by atoms with Crippen LogP contribution in [-0.2, 0) is 30.4 Å². The van der Waals surface area contributed by atoms with Crippen LogP contribution in [0.3, 0.4) is 0 Å².